The van der Waals surface area contributed by atoms with Gasteiger partial charge < -0.3 is 9.88 Å². The fourth-order valence-electron chi connectivity index (χ4n) is 11.0. The molecule has 0 bridgehead atoms. The van der Waals surface area contributed by atoms with E-state index in [0.29, 0.717) is 56.7 Å². The molecular weight excluding hydrogens is 805 g/mol. The Labute approximate surface area is 355 Å². The van der Waals surface area contributed by atoms with Crippen LogP contribution in [0.5, 0.6) is 0 Å². The lowest BCUT2D eigenvalue weighted by Gasteiger charge is -2.44. The monoisotopic (exact) mass is 850 g/mol. The molecule has 3 atom stereocenters. The van der Waals surface area contributed by atoms with Crippen molar-refractivity contribution in [1.82, 2.24) is 29.9 Å². The minimum absolute atomic E-state index is 0.00601. The molecule has 0 saturated carbocycles. The van der Waals surface area contributed by atoms with Gasteiger partial charge in [0.05, 0.1) is 30.3 Å². The Morgan fingerprint density at radius 1 is 0.903 bits per heavy atom. The molecule has 3 aromatic carbocycles. The number of H-pyrrole nitrogens is 1. The van der Waals surface area contributed by atoms with Crippen LogP contribution in [0.25, 0.3) is 16.5 Å². The lowest BCUT2D eigenvalue weighted by molar-refractivity contribution is -0.136. The van der Waals surface area contributed by atoms with Crippen LogP contribution in [0.4, 0.5) is 17.6 Å². The molecule has 62 heavy (non-hydrogen) atoms. The maximum absolute atomic E-state index is 16.3. The number of hydrogen-bond acceptors (Lipinski definition) is 7. The molecule has 0 radical (unpaired) electrons. The van der Waals surface area contributed by atoms with Gasteiger partial charge in [-0.1, -0.05) is 24.3 Å². The fraction of sp³-hybridized carbons (Fsp3) is 0.426. The number of nitrogens with zero attached hydrogens (tertiary/aromatic N) is 4. The summed E-state index contributed by atoms with van der Waals surface area (Å²) in [7, 11) is 0. The van der Waals surface area contributed by atoms with Gasteiger partial charge in [-0.2, -0.15) is 0 Å². The molecule has 10 rings (SSSR count). The molecule has 15 heteroatoms. The number of carbonyl (C=O) groups is 5. The van der Waals surface area contributed by atoms with Crippen LogP contribution >= 0.6 is 0 Å². The van der Waals surface area contributed by atoms with Crippen LogP contribution in [-0.4, -0.2) is 98.8 Å². The number of alkyl halides is 2. The smallest absolute Gasteiger partial charge is 0.262 e. The number of aromatic nitrogens is 1. The van der Waals surface area contributed by atoms with Crippen molar-refractivity contribution in [2.24, 2.45) is 5.41 Å². The lowest BCUT2D eigenvalue weighted by Crippen LogP contribution is -2.54. The molecule has 4 aromatic rings. The molecular formula is C47H46F4N6O5. The standard InChI is InChI=1S/C47H46F4N6O5/c1-25-16-31-30-4-2-3-5-36(30)52-42(31)43(56(25)23-38(50)51)41-34(48)19-27(20-35(41)49)26-8-10-47(11-9-26)12-14-55(15-13-47)40(59)24-54-21-28-17-32-33(18-29(28)22-54)46(62)57(45(32)61)37-6-7-39(58)53-44(37)60/h2-5,8,17-20,25,37-38,43,52H,6-7,9-16,21-24H2,1H3,(H,53,58,60)/t25-,37?,43-/m1/s1. The predicted octanol–water partition coefficient (Wildman–Crippen LogP) is 6.64. The van der Waals surface area contributed by atoms with E-state index < -0.39 is 60.3 Å². The van der Waals surface area contributed by atoms with Gasteiger partial charge in [-0.15, -0.1) is 0 Å². The van der Waals surface area contributed by atoms with Crippen LogP contribution in [0.2, 0.25) is 0 Å². The van der Waals surface area contributed by atoms with E-state index in [0.717, 1.165) is 57.3 Å². The van der Waals surface area contributed by atoms with E-state index in [-0.39, 0.29) is 53.4 Å². The number of para-hydroxylation sites is 1. The molecule has 5 amide bonds. The van der Waals surface area contributed by atoms with Crippen molar-refractivity contribution < 1.29 is 41.5 Å². The third kappa shape index (κ3) is 6.84. The minimum atomic E-state index is -2.68. The van der Waals surface area contributed by atoms with Crippen LogP contribution in [-0.2, 0) is 33.9 Å². The molecule has 1 aliphatic carbocycles. The van der Waals surface area contributed by atoms with Crippen LogP contribution in [0.3, 0.4) is 0 Å². The van der Waals surface area contributed by atoms with Gasteiger partial charge >= 0.3 is 0 Å². The summed E-state index contributed by atoms with van der Waals surface area (Å²) < 4.78 is 60.5. The summed E-state index contributed by atoms with van der Waals surface area (Å²) in [4.78, 5) is 74.0. The van der Waals surface area contributed by atoms with Crippen LogP contribution in [0.15, 0.2) is 54.6 Å². The number of nitrogens with one attached hydrogen (secondary N) is 2. The first kappa shape index (κ1) is 40.4. The number of rotatable bonds is 7. The molecule has 1 aromatic heterocycles. The quantitative estimate of drug-likeness (QED) is 0.158. The number of piperidine rings is 2. The molecule has 6 aliphatic rings. The summed E-state index contributed by atoms with van der Waals surface area (Å²) in [6.07, 6.45) is 3.69. The second-order valence-electron chi connectivity index (χ2n) is 18.0. The van der Waals surface area contributed by atoms with Crippen molar-refractivity contribution in [3.05, 3.63) is 111 Å². The largest absolute Gasteiger partial charge is 0.357 e. The number of halogens is 4. The average Bonchev–Trinajstić information content (AvgIpc) is 3.88. The third-order valence-electron chi connectivity index (χ3n) is 14.4. The Kier molecular flexibility index (Phi) is 9.97. The summed E-state index contributed by atoms with van der Waals surface area (Å²) in [6, 6.07) is 11.2. The van der Waals surface area contributed by atoms with Crippen molar-refractivity contribution in [2.75, 3.05) is 26.2 Å². The normalized spacial score (nSPS) is 23.9. The van der Waals surface area contributed by atoms with E-state index in [4.69, 9.17) is 0 Å². The first-order chi connectivity index (χ1) is 29.8. The lowest BCUT2D eigenvalue weighted by atomic mass is 9.68. The van der Waals surface area contributed by atoms with Crippen molar-refractivity contribution in [2.45, 2.75) is 95.9 Å². The molecule has 1 unspecified atom stereocenters. The van der Waals surface area contributed by atoms with Gasteiger partial charge in [0.25, 0.3) is 18.2 Å². The second-order valence-corrected chi connectivity index (χ2v) is 18.0. The van der Waals surface area contributed by atoms with E-state index in [1.54, 1.807) is 12.1 Å². The topological polar surface area (TPSA) is 126 Å². The zero-order chi connectivity index (χ0) is 43.2. The van der Waals surface area contributed by atoms with Gasteiger partial charge in [-0.05, 0) is 115 Å². The molecule has 2 fully saturated rings. The van der Waals surface area contributed by atoms with Crippen molar-refractivity contribution >= 4 is 46.0 Å². The van der Waals surface area contributed by atoms with Crippen molar-refractivity contribution in [3.63, 3.8) is 0 Å². The summed E-state index contributed by atoms with van der Waals surface area (Å²) in [6.45, 7) is 3.41. The molecule has 1 spiro atoms. The number of hydrogen-bond donors (Lipinski definition) is 2. The van der Waals surface area contributed by atoms with Gasteiger partial charge in [0.1, 0.15) is 17.7 Å². The molecule has 6 heterocycles. The van der Waals surface area contributed by atoms with E-state index in [2.05, 4.69) is 16.4 Å². The number of imide groups is 2. The maximum atomic E-state index is 16.3. The number of amides is 5. The van der Waals surface area contributed by atoms with E-state index in [9.17, 15) is 32.8 Å². The minimum Gasteiger partial charge on any atom is -0.357 e. The molecule has 322 valence electrons. The summed E-state index contributed by atoms with van der Waals surface area (Å²) >= 11 is 0. The Hall–Kier alpha value is -5.67. The predicted molar refractivity (Wildman–Crippen MR) is 220 cm³/mol. The van der Waals surface area contributed by atoms with Crippen LogP contribution in [0, 0.1) is 17.0 Å². The number of benzene rings is 3. The number of likely N-dealkylation sites (tertiary alicyclic amines) is 1. The first-order valence-corrected chi connectivity index (χ1v) is 21.5. The van der Waals surface area contributed by atoms with Crippen molar-refractivity contribution in [1.29, 1.82) is 0 Å². The SMILES string of the molecule is C[C@@H]1Cc2c([nH]c3ccccc23)[C@@H](c2c(F)cc(C3=CCC4(CC3)CCN(C(=O)CN3Cc5cc6c(cc5C3)C(=O)N(C3CCC(=O)NC3=O)C6=O)CC4)cc2F)N1CC(F)F. The fourth-order valence-corrected chi connectivity index (χ4v) is 11.0. The number of fused-ring (bicyclic) bond motifs is 5. The Morgan fingerprint density at radius 2 is 1.58 bits per heavy atom. The summed E-state index contributed by atoms with van der Waals surface area (Å²) in [5.41, 5.74) is 5.40. The molecule has 2 saturated heterocycles. The Bertz CT molecular complexity index is 2550. The highest BCUT2D eigenvalue weighted by Crippen LogP contribution is 2.48. The number of aromatic amines is 1. The Morgan fingerprint density at radius 3 is 2.21 bits per heavy atom. The average molecular weight is 851 g/mol. The van der Waals surface area contributed by atoms with Gasteiger partial charge in [0.2, 0.25) is 17.7 Å². The Balaban J connectivity index is 0.777. The summed E-state index contributed by atoms with van der Waals surface area (Å²) in [5.74, 6) is -3.74. The van der Waals surface area contributed by atoms with Gasteiger partial charge in [-0.25, -0.2) is 17.6 Å². The zero-order valence-electron chi connectivity index (χ0n) is 34.2. The van der Waals surface area contributed by atoms with E-state index in [1.807, 2.05) is 41.0 Å². The van der Waals surface area contributed by atoms with E-state index in [1.165, 1.54) is 17.0 Å². The van der Waals surface area contributed by atoms with Crippen LogP contribution in [0.1, 0.15) is 112 Å². The second kappa shape index (κ2) is 15.3. The van der Waals surface area contributed by atoms with Crippen LogP contribution < -0.4 is 5.32 Å². The maximum Gasteiger partial charge on any atom is 0.262 e. The van der Waals surface area contributed by atoms with Gasteiger partial charge in [-0.3, -0.25) is 44.0 Å². The third-order valence-corrected chi connectivity index (χ3v) is 14.4. The molecule has 11 nitrogen and oxygen atoms in total. The highest BCUT2D eigenvalue weighted by molar-refractivity contribution is 6.23. The first-order valence-electron chi connectivity index (χ1n) is 21.5. The summed E-state index contributed by atoms with van der Waals surface area (Å²) in [5, 5.41) is 3.13. The highest BCUT2D eigenvalue weighted by atomic mass is 19.3. The number of allylic oxidation sites excluding steroid dienone is 2. The van der Waals surface area contributed by atoms with Gasteiger partial charge in [0.15, 0.2) is 0 Å². The molecule has 5 aliphatic heterocycles. The van der Waals surface area contributed by atoms with E-state index >= 15 is 8.78 Å². The molecule has 2 N–H and O–H groups in total. The van der Waals surface area contributed by atoms with Crippen molar-refractivity contribution in [3.8, 4) is 0 Å². The zero-order valence-corrected chi connectivity index (χ0v) is 34.2. The highest BCUT2D eigenvalue weighted by Gasteiger charge is 2.46. The number of carbonyl (C=O) groups excluding carboxylic acids is 5. The van der Waals surface area contributed by atoms with Gasteiger partial charge in [0, 0.05) is 60.8 Å².